The van der Waals surface area contributed by atoms with Gasteiger partial charge in [-0.15, -0.1) is 0 Å². The van der Waals surface area contributed by atoms with Gasteiger partial charge in [-0.25, -0.2) is 9.78 Å². The van der Waals surface area contributed by atoms with E-state index in [-0.39, 0.29) is 12.2 Å². The molecule has 114 valence electrons. The first-order valence-electron chi connectivity index (χ1n) is 7.59. The number of amides is 1. The number of likely N-dealkylation sites (tertiary alicyclic amines) is 1. The van der Waals surface area contributed by atoms with Crippen molar-refractivity contribution in [1.29, 1.82) is 0 Å². The average Bonchev–Trinajstić information content (AvgIpc) is 2.81. The van der Waals surface area contributed by atoms with Crippen molar-refractivity contribution in [3.63, 3.8) is 0 Å². The highest BCUT2D eigenvalue weighted by Crippen LogP contribution is 2.22. The highest BCUT2D eigenvalue weighted by Gasteiger charge is 2.30. The number of aromatic nitrogens is 2. The van der Waals surface area contributed by atoms with Crippen molar-refractivity contribution in [1.82, 2.24) is 14.9 Å². The van der Waals surface area contributed by atoms with Crippen molar-refractivity contribution in [2.24, 2.45) is 5.92 Å². The predicted octanol–water partition coefficient (Wildman–Crippen LogP) is 1.71. The molecule has 1 aromatic rings. The van der Waals surface area contributed by atoms with Crippen LogP contribution in [0.4, 0.5) is 10.6 Å². The van der Waals surface area contributed by atoms with Crippen molar-refractivity contribution in [2.75, 3.05) is 31.6 Å². The van der Waals surface area contributed by atoms with Gasteiger partial charge in [-0.3, -0.25) is 9.88 Å². The molecule has 2 fully saturated rings. The Kier molecular flexibility index (Phi) is 4.05. The summed E-state index contributed by atoms with van der Waals surface area (Å²) in [5.41, 5.74) is 1.01. The molecule has 2 aliphatic rings. The summed E-state index contributed by atoms with van der Waals surface area (Å²) in [6.07, 6.45) is 6.47. The molecular weight excluding hydrogens is 268 g/mol. The van der Waals surface area contributed by atoms with Crippen LogP contribution >= 0.6 is 0 Å². The number of cyclic esters (lactones) is 1. The molecule has 6 heteroatoms. The Morgan fingerprint density at radius 1 is 1.29 bits per heavy atom. The number of nitrogens with zero attached hydrogens (tertiary/aromatic N) is 4. The van der Waals surface area contributed by atoms with Crippen LogP contribution in [-0.4, -0.2) is 53.7 Å². The third-order valence-electron chi connectivity index (χ3n) is 4.27. The molecule has 0 bridgehead atoms. The summed E-state index contributed by atoms with van der Waals surface area (Å²) in [5, 5.41) is 0. The summed E-state index contributed by atoms with van der Waals surface area (Å²) in [6, 6.07) is 0. The molecule has 1 atom stereocenters. The van der Waals surface area contributed by atoms with E-state index in [9.17, 15) is 4.79 Å². The summed E-state index contributed by atoms with van der Waals surface area (Å²) < 4.78 is 5.10. The van der Waals surface area contributed by atoms with E-state index < -0.39 is 0 Å². The van der Waals surface area contributed by atoms with Gasteiger partial charge in [-0.05, 0) is 52.2 Å². The Morgan fingerprint density at radius 3 is 2.62 bits per heavy atom. The van der Waals surface area contributed by atoms with Gasteiger partial charge in [-0.2, -0.15) is 0 Å². The lowest BCUT2D eigenvalue weighted by Crippen LogP contribution is -2.31. The molecule has 2 aliphatic heterocycles. The lowest BCUT2D eigenvalue weighted by atomic mass is 9.92. The van der Waals surface area contributed by atoms with Gasteiger partial charge in [0.05, 0.1) is 24.6 Å². The van der Waals surface area contributed by atoms with Gasteiger partial charge in [-0.1, -0.05) is 0 Å². The molecule has 0 N–H and O–H groups in total. The summed E-state index contributed by atoms with van der Waals surface area (Å²) in [7, 11) is 2.17. The summed E-state index contributed by atoms with van der Waals surface area (Å²) in [5.74, 6) is 1.27. The van der Waals surface area contributed by atoms with Crippen LogP contribution in [0.3, 0.4) is 0 Å². The molecule has 3 rings (SSSR count). The number of carbonyl (C=O) groups excluding carboxylic acids is 1. The molecule has 0 unspecified atom stereocenters. The number of anilines is 1. The highest BCUT2D eigenvalue weighted by atomic mass is 16.6. The summed E-state index contributed by atoms with van der Waals surface area (Å²) in [4.78, 5) is 24.4. The quantitative estimate of drug-likeness (QED) is 0.848. The Balaban J connectivity index is 1.60. The van der Waals surface area contributed by atoms with Gasteiger partial charge in [0, 0.05) is 0 Å². The maximum Gasteiger partial charge on any atom is 0.415 e. The molecule has 21 heavy (non-hydrogen) atoms. The molecule has 0 radical (unpaired) electrons. The van der Waals surface area contributed by atoms with Gasteiger partial charge >= 0.3 is 6.09 Å². The second-order valence-electron chi connectivity index (χ2n) is 6.12. The van der Waals surface area contributed by atoms with Gasteiger partial charge in [0.1, 0.15) is 6.10 Å². The lowest BCUT2D eigenvalue weighted by Gasteiger charge is -2.28. The highest BCUT2D eigenvalue weighted by molar-refractivity contribution is 5.88. The zero-order valence-corrected chi connectivity index (χ0v) is 12.7. The van der Waals surface area contributed by atoms with E-state index >= 15 is 0 Å². The van der Waals surface area contributed by atoms with Crippen LogP contribution in [-0.2, 0) is 11.2 Å². The first-order chi connectivity index (χ1) is 10.1. The Hall–Kier alpha value is -1.69. The minimum Gasteiger partial charge on any atom is -0.444 e. The van der Waals surface area contributed by atoms with Crippen molar-refractivity contribution in [3.05, 3.63) is 18.1 Å². The maximum atomic E-state index is 11.6. The van der Waals surface area contributed by atoms with Gasteiger partial charge in [0.15, 0.2) is 5.82 Å². The Labute approximate surface area is 125 Å². The Morgan fingerprint density at radius 2 is 2.05 bits per heavy atom. The number of rotatable bonds is 3. The molecule has 0 aliphatic carbocycles. The van der Waals surface area contributed by atoms with Crippen LogP contribution in [0, 0.1) is 5.92 Å². The van der Waals surface area contributed by atoms with E-state index in [4.69, 9.17) is 4.74 Å². The van der Waals surface area contributed by atoms with E-state index in [0.717, 1.165) is 25.2 Å². The first-order valence-corrected chi connectivity index (χ1v) is 7.59. The van der Waals surface area contributed by atoms with Crippen LogP contribution < -0.4 is 4.90 Å². The Bertz CT molecular complexity index is 497. The van der Waals surface area contributed by atoms with Crippen molar-refractivity contribution >= 4 is 11.9 Å². The average molecular weight is 290 g/mol. The molecular formula is C15H22N4O2. The molecule has 0 spiro atoms. The van der Waals surface area contributed by atoms with E-state index in [1.54, 1.807) is 12.4 Å². The van der Waals surface area contributed by atoms with Crippen LogP contribution in [0.25, 0.3) is 0 Å². The molecule has 0 aromatic carbocycles. The minimum absolute atomic E-state index is 0.0850. The van der Waals surface area contributed by atoms with E-state index in [1.807, 2.05) is 6.92 Å². The predicted molar refractivity (Wildman–Crippen MR) is 79.2 cm³/mol. The second-order valence-corrected chi connectivity index (χ2v) is 6.12. The second kappa shape index (κ2) is 5.97. The van der Waals surface area contributed by atoms with Crippen molar-refractivity contribution < 1.29 is 9.53 Å². The number of piperidine rings is 1. The topological polar surface area (TPSA) is 58.6 Å². The molecule has 6 nitrogen and oxygen atoms in total. The van der Waals surface area contributed by atoms with Gasteiger partial charge < -0.3 is 9.64 Å². The van der Waals surface area contributed by atoms with Gasteiger partial charge in [0.25, 0.3) is 0 Å². The van der Waals surface area contributed by atoms with Crippen LogP contribution in [0.5, 0.6) is 0 Å². The third kappa shape index (κ3) is 3.32. The number of hydrogen-bond donors (Lipinski definition) is 0. The zero-order valence-electron chi connectivity index (χ0n) is 12.7. The van der Waals surface area contributed by atoms with Crippen LogP contribution in [0.2, 0.25) is 0 Å². The molecule has 3 heterocycles. The number of ether oxygens (including phenoxy) is 1. The van der Waals surface area contributed by atoms with Crippen LogP contribution in [0.15, 0.2) is 12.4 Å². The van der Waals surface area contributed by atoms with Gasteiger partial charge in [0.2, 0.25) is 0 Å². The fourth-order valence-electron chi connectivity index (χ4n) is 2.95. The summed E-state index contributed by atoms with van der Waals surface area (Å²) >= 11 is 0. The van der Waals surface area contributed by atoms with Crippen molar-refractivity contribution in [3.8, 4) is 0 Å². The minimum atomic E-state index is -0.333. The van der Waals surface area contributed by atoms with Crippen LogP contribution in [0.1, 0.15) is 25.5 Å². The fraction of sp³-hybridized carbons (Fsp3) is 0.667. The number of hydrogen-bond acceptors (Lipinski definition) is 5. The van der Waals surface area contributed by atoms with E-state index in [0.29, 0.717) is 18.3 Å². The monoisotopic (exact) mass is 290 g/mol. The smallest absolute Gasteiger partial charge is 0.415 e. The first kappa shape index (κ1) is 14.3. The molecule has 1 amide bonds. The van der Waals surface area contributed by atoms with Crippen molar-refractivity contribution in [2.45, 2.75) is 32.3 Å². The largest absolute Gasteiger partial charge is 0.444 e. The summed E-state index contributed by atoms with van der Waals surface area (Å²) in [6.45, 7) is 4.74. The SMILES string of the molecule is C[C@H]1CN(c2cnc(CC3CCN(C)CC3)cn2)C(=O)O1. The molecule has 0 saturated carbocycles. The van der Waals surface area contributed by atoms with E-state index in [2.05, 4.69) is 21.9 Å². The fourth-order valence-corrected chi connectivity index (χ4v) is 2.95. The molecule has 1 aromatic heterocycles. The standard InChI is InChI=1S/C15H22N4O2/c1-11-10-19(15(20)21-11)14-9-16-13(8-17-14)7-12-3-5-18(2)6-4-12/h8-9,11-12H,3-7,10H2,1-2H3/t11-/m0/s1. The zero-order chi connectivity index (χ0) is 14.8. The number of carbonyl (C=O) groups is 1. The molecule has 2 saturated heterocycles. The third-order valence-corrected chi connectivity index (χ3v) is 4.27. The normalized spacial score (nSPS) is 24.4. The maximum absolute atomic E-state index is 11.6. The van der Waals surface area contributed by atoms with E-state index in [1.165, 1.54) is 17.7 Å². The lowest BCUT2D eigenvalue weighted by molar-refractivity contribution is 0.150.